The van der Waals surface area contributed by atoms with Crippen LogP contribution < -0.4 is 20.7 Å². The number of methoxy groups -OCH3 is 1. The first-order chi connectivity index (χ1) is 14.5. The molecule has 2 aromatic carbocycles. The van der Waals surface area contributed by atoms with E-state index >= 15 is 0 Å². The summed E-state index contributed by atoms with van der Waals surface area (Å²) < 4.78 is 5.18. The van der Waals surface area contributed by atoms with Crippen LogP contribution in [0.3, 0.4) is 0 Å². The minimum Gasteiger partial charge on any atom is -0.497 e. The fourth-order valence-corrected chi connectivity index (χ4v) is 3.31. The second kappa shape index (κ2) is 8.20. The van der Waals surface area contributed by atoms with Crippen LogP contribution in [0, 0.1) is 0 Å². The summed E-state index contributed by atoms with van der Waals surface area (Å²) in [5.41, 5.74) is 2.17. The molecule has 0 unspecified atom stereocenters. The average molecular weight is 404 g/mol. The number of nitrogens with one attached hydrogen (secondary N) is 3. The van der Waals surface area contributed by atoms with Crippen LogP contribution in [0.15, 0.2) is 54.7 Å². The van der Waals surface area contributed by atoms with E-state index < -0.39 is 6.04 Å². The van der Waals surface area contributed by atoms with Gasteiger partial charge in [0.05, 0.1) is 35.8 Å². The summed E-state index contributed by atoms with van der Waals surface area (Å²) >= 11 is 0. The molecule has 152 valence electrons. The van der Waals surface area contributed by atoms with Gasteiger partial charge in [-0.25, -0.2) is 0 Å². The minimum absolute atomic E-state index is 0.0648. The monoisotopic (exact) mass is 404 g/mol. The van der Waals surface area contributed by atoms with Crippen LogP contribution in [-0.2, 0) is 9.59 Å². The molecule has 0 fully saturated rings. The SMILES string of the molecule is COc1ccc2cc(NC(=O)CC[C@@H]3NC(=O)c4ccccc4NC3=O)cnc2c1. The highest BCUT2D eigenvalue weighted by molar-refractivity contribution is 6.10. The Morgan fingerprint density at radius 3 is 2.83 bits per heavy atom. The van der Waals surface area contributed by atoms with Crippen molar-refractivity contribution in [2.24, 2.45) is 0 Å². The van der Waals surface area contributed by atoms with Crippen LogP contribution in [0.5, 0.6) is 5.75 Å². The number of amides is 3. The number of fused-ring (bicyclic) bond motifs is 2. The van der Waals surface area contributed by atoms with Crippen molar-refractivity contribution in [2.75, 3.05) is 17.7 Å². The fraction of sp³-hybridized carbons (Fsp3) is 0.182. The van der Waals surface area contributed by atoms with Crippen molar-refractivity contribution >= 4 is 40.0 Å². The third-order valence-electron chi connectivity index (χ3n) is 4.89. The van der Waals surface area contributed by atoms with E-state index in [9.17, 15) is 14.4 Å². The Labute approximate surface area is 172 Å². The smallest absolute Gasteiger partial charge is 0.254 e. The predicted molar refractivity (Wildman–Crippen MR) is 112 cm³/mol. The topological polar surface area (TPSA) is 109 Å². The first-order valence-corrected chi connectivity index (χ1v) is 9.48. The van der Waals surface area contributed by atoms with Gasteiger partial charge in [0.2, 0.25) is 11.8 Å². The fourth-order valence-electron chi connectivity index (χ4n) is 3.31. The van der Waals surface area contributed by atoms with Crippen molar-refractivity contribution in [1.82, 2.24) is 10.3 Å². The van der Waals surface area contributed by atoms with E-state index in [4.69, 9.17) is 4.74 Å². The van der Waals surface area contributed by atoms with Gasteiger partial charge in [-0.1, -0.05) is 12.1 Å². The largest absolute Gasteiger partial charge is 0.497 e. The predicted octanol–water partition coefficient (Wildman–Crippen LogP) is 2.71. The van der Waals surface area contributed by atoms with Crippen LogP contribution in [0.25, 0.3) is 10.9 Å². The highest BCUT2D eigenvalue weighted by atomic mass is 16.5. The number of hydrogen-bond acceptors (Lipinski definition) is 5. The lowest BCUT2D eigenvalue weighted by atomic mass is 10.1. The highest BCUT2D eigenvalue weighted by Gasteiger charge is 2.27. The second-order valence-electron chi connectivity index (χ2n) is 6.93. The molecule has 0 aliphatic carbocycles. The summed E-state index contributed by atoms with van der Waals surface area (Å²) in [6, 6.07) is 13.3. The van der Waals surface area contributed by atoms with Crippen molar-refractivity contribution < 1.29 is 19.1 Å². The van der Waals surface area contributed by atoms with E-state index in [0.717, 1.165) is 10.9 Å². The average Bonchev–Trinajstić information content (AvgIpc) is 2.87. The molecular weight excluding hydrogens is 384 g/mol. The molecule has 8 nitrogen and oxygen atoms in total. The van der Waals surface area contributed by atoms with Crippen molar-refractivity contribution in [2.45, 2.75) is 18.9 Å². The molecule has 2 heterocycles. The normalized spacial score (nSPS) is 15.6. The van der Waals surface area contributed by atoms with Gasteiger partial charge in [-0.15, -0.1) is 0 Å². The van der Waals surface area contributed by atoms with Crippen LogP contribution in [0.2, 0.25) is 0 Å². The molecule has 1 aliphatic rings. The lowest BCUT2D eigenvalue weighted by Crippen LogP contribution is -2.41. The maximum Gasteiger partial charge on any atom is 0.254 e. The number of para-hydroxylation sites is 1. The number of ether oxygens (including phenoxy) is 1. The Hall–Kier alpha value is -3.94. The highest BCUT2D eigenvalue weighted by Crippen LogP contribution is 2.22. The van der Waals surface area contributed by atoms with Gasteiger partial charge < -0.3 is 20.7 Å². The molecular formula is C22H20N4O4. The summed E-state index contributed by atoms with van der Waals surface area (Å²) in [6.07, 6.45) is 1.81. The zero-order valence-corrected chi connectivity index (χ0v) is 16.3. The molecule has 0 saturated carbocycles. The van der Waals surface area contributed by atoms with Gasteiger partial charge in [-0.3, -0.25) is 19.4 Å². The number of anilines is 2. The number of pyridine rings is 1. The quantitative estimate of drug-likeness (QED) is 0.606. The molecule has 4 rings (SSSR count). The van der Waals surface area contributed by atoms with E-state index in [1.807, 2.05) is 24.3 Å². The summed E-state index contributed by atoms with van der Waals surface area (Å²) in [4.78, 5) is 41.5. The van der Waals surface area contributed by atoms with Gasteiger partial charge in [-0.2, -0.15) is 0 Å². The number of nitrogens with zero attached hydrogens (tertiary/aromatic N) is 1. The number of rotatable bonds is 5. The van der Waals surface area contributed by atoms with Crippen LogP contribution in [0.1, 0.15) is 23.2 Å². The van der Waals surface area contributed by atoms with E-state index in [1.165, 1.54) is 0 Å². The molecule has 8 heteroatoms. The van der Waals surface area contributed by atoms with E-state index in [0.29, 0.717) is 22.7 Å². The van der Waals surface area contributed by atoms with Gasteiger partial charge >= 0.3 is 0 Å². The van der Waals surface area contributed by atoms with Crippen molar-refractivity contribution in [1.29, 1.82) is 0 Å². The van der Waals surface area contributed by atoms with E-state index in [1.54, 1.807) is 37.6 Å². The Kier molecular flexibility index (Phi) is 5.30. The van der Waals surface area contributed by atoms with Crippen LogP contribution in [0.4, 0.5) is 11.4 Å². The van der Waals surface area contributed by atoms with Gasteiger partial charge in [-0.05, 0) is 36.8 Å². The molecule has 0 spiro atoms. The standard InChI is InChI=1S/C22H20N4O4/c1-30-15-7-6-13-10-14(12-23-19(13)11-15)24-20(27)9-8-18-22(29)25-17-5-3-2-4-16(17)21(28)26-18/h2-7,10-12,18H,8-9H2,1H3,(H,24,27)(H,25,29)(H,26,28)/t18-/m0/s1. The first-order valence-electron chi connectivity index (χ1n) is 9.48. The molecule has 1 atom stereocenters. The Bertz CT molecular complexity index is 1140. The lowest BCUT2D eigenvalue weighted by Gasteiger charge is -2.14. The molecule has 3 N–H and O–H groups in total. The number of carbonyl (C=O) groups excluding carboxylic acids is 3. The maximum atomic E-state index is 12.4. The summed E-state index contributed by atoms with van der Waals surface area (Å²) in [5, 5.41) is 9.06. The molecule has 3 aromatic rings. The Balaban J connectivity index is 1.38. The molecule has 30 heavy (non-hydrogen) atoms. The number of benzene rings is 2. The van der Waals surface area contributed by atoms with Gasteiger partial charge in [0.15, 0.2) is 0 Å². The maximum absolute atomic E-state index is 12.4. The first kappa shape index (κ1) is 19.4. The molecule has 0 radical (unpaired) electrons. The number of hydrogen-bond donors (Lipinski definition) is 3. The number of aromatic nitrogens is 1. The zero-order valence-electron chi connectivity index (χ0n) is 16.3. The van der Waals surface area contributed by atoms with Crippen LogP contribution in [-0.4, -0.2) is 35.9 Å². The zero-order chi connectivity index (χ0) is 21.1. The summed E-state index contributed by atoms with van der Waals surface area (Å²) in [6.45, 7) is 0. The van der Waals surface area contributed by atoms with E-state index in [-0.39, 0.29) is 30.6 Å². The van der Waals surface area contributed by atoms with Gasteiger partial charge in [0.1, 0.15) is 11.8 Å². The van der Waals surface area contributed by atoms with E-state index in [2.05, 4.69) is 20.9 Å². The molecule has 0 bridgehead atoms. The molecule has 1 aromatic heterocycles. The molecule has 0 saturated heterocycles. The van der Waals surface area contributed by atoms with Gasteiger partial charge in [0, 0.05) is 17.9 Å². The Morgan fingerprint density at radius 2 is 2.00 bits per heavy atom. The lowest BCUT2D eigenvalue weighted by molar-refractivity contribution is -0.118. The Morgan fingerprint density at radius 1 is 1.17 bits per heavy atom. The number of carbonyl (C=O) groups is 3. The summed E-state index contributed by atoms with van der Waals surface area (Å²) in [7, 11) is 1.59. The molecule has 1 aliphatic heterocycles. The van der Waals surface area contributed by atoms with Crippen molar-refractivity contribution in [3.05, 3.63) is 60.3 Å². The van der Waals surface area contributed by atoms with Crippen molar-refractivity contribution in [3.8, 4) is 5.75 Å². The molecule has 3 amide bonds. The summed E-state index contributed by atoms with van der Waals surface area (Å²) in [5.74, 6) is -0.253. The van der Waals surface area contributed by atoms with Crippen molar-refractivity contribution in [3.63, 3.8) is 0 Å². The third kappa shape index (κ3) is 4.07. The van der Waals surface area contributed by atoms with Gasteiger partial charge in [0.25, 0.3) is 5.91 Å². The second-order valence-corrected chi connectivity index (χ2v) is 6.93. The third-order valence-corrected chi connectivity index (χ3v) is 4.89. The minimum atomic E-state index is -0.794. The van der Waals surface area contributed by atoms with Crippen LogP contribution >= 0.6 is 0 Å².